The van der Waals surface area contributed by atoms with Crippen LogP contribution in [0.2, 0.25) is 0 Å². The lowest BCUT2D eigenvalue weighted by atomic mass is 9.94. The molecule has 3 atom stereocenters. The lowest BCUT2D eigenvalue weighted by Crippen LogP contribution is -2.48. The molecule has 0 bridgehead atoms. The molecule has 0 radical (unpaired) electrons. The molecule has 1 heterocycles. The summed E-state index contributed by atoms with van der Waals surface area (Å²) in [6.07, 6.45) is 2.11. The summed E-state index contributed by atoms with van der Waals surface area (Å²) >= 11 is 0. The minimum absolute atomic E-state index is 0.154. The van der Waals surface area contributed by atoms with E-state index in [-0.39, 0.29) is 17.9 Å². The summed E-state index contributed by atoms with van der Waals surface area (Å²) in [5.74, 6) is 0.356. The first kappa shape index (κ1) is 13.5. The van der Waals surface area contributed by atoms with E-state index in [2.05, 4.69) is 29.4 Å². The fourth-order valence-electron chi connectivity index (χ4n) is 2.18. The molecule has 0 aromatic rings. The third-order valence-corrected chi connectivity index (χ3v) is 3.06. The zero-order valence-electron chi connectivity index (χ0n) is 10.9. The van der Waals surface area contributed by atoms with Crippen LogP contribution in [0.5, 0.6) is 0 Å². The first-order chi connectivity index (χ1) is 7.49. The van der Waals surface area contributed by atoms with Crippen molar-refractivity contribution < 1.29 is 4.79 Å². The van der Waals surface area contributed by atoms with Crippen LogP contribution in [-0.4, -0.2) is 50.1 Å². The molecule has 1 saturated heterocycles. The number of hydrogen-bond acceptors (Lipinski definition) is 3. The third kappa shape index (κ3) is 4.49. The Morgan fingerprint density at radius 3 is 2.69 bits per heavy atom. The fraction of sp³-hybridized carbons (Fsp3) is 0.917. The minimum atomic E-state index is 0.154. The van der Waals surface area contributed by atoms with Gasteiger partial charge in [0.25, 0.3) is 0 Å². The third-order valence-electron chi connectivity index (χ3n) is 3.06. The number of hydrogen-bond donors (Lipinski definition) is 2. The van der Waals surface area contributed by atoms with Gasteiger partial charge in [-0.05, 0) is 40.8 Å². The maximum Gasteiger partial charge on any atom is 0.224 e. The Bertz CT molecular complexity index is 222. The summed E-state index contributed by atoms with van der Waals surface area (Å²) in [5.41, 5.74) is 0. The van der Waals surface area contributed by atoms with Gasteiger partial charge in [-0.2, -0.15) is 0 Å². The summed E-state index contributed by atoms with van der Waals surface area (Å²) in [5, 5.41) is 6.43. The normalized spacial score (nSPS) is 27.8. The molecule has 3 unspecified atom stereocenters. The van der Waals surface area contributed by atoms with E-state index in [4.69, 9.17) is 0 Å². The molecule has 16 heavy (non-hydrogen) atoms. The lowest BCUT2D eigenvalue weighted by Gasteiger charge is -2.28. The first-order valence-electron chi connectivity index (χ1n) is 6.17. The molecule has 2 N–H and O–H groups in total. The van der Waals surface area contributed by atoms with Gasteiger partial charge in [0.05, 0.1) is 5.92 Å². The van der Waals surface area contributed by atoms with Crippen LogP contribution < -0.4 is 10.6 Å². The number of piperidine rings is 1. The standard InChI is InChI=1S/C12H25N3O/c1-9-5-6-11(7-13-9)12(16)14-10(2)8-15(3)4/h9-11,13H,5-8H2,1-4H3,(H,14,16). The molecule has 1 aliphatic heterocycles. The van der Waals surface area contributed by atoms with Crippen LogP contribution in [0.1, 0.15) is 26.7 Å². The average Bonchev–Trinajstić information content (AvgIpc) is 2.16. The minimum Gasteiger partial charge on any atom is -0.352 e. The van der Waals surface area contributed by atoms with E-state index in [9.17, 15) is 4.79 Å². The zero-order valence-corrected chi connectivity index (χ0v) is 10.9. The molecule has 4 nitrogen and oxygen atoms in total. The largest absolute Gasteiger partial charge is 0.352 e. The van der Waals surface area contributed by atoms with Crippen LogP contribution in [0.4, 0.5) is 0 Å². The molecule has 1 aliphatic rings. The van der Waals surface area contributed by atoms with Crippen LogP contribution >= 0.6 is 0 Å². The number of rotatable bonds is 4. The van der Waals surface area contributed by atoms with Crippen molar-refractivity contribution in [1.29, 1.82) is 0 Å². The van der Waals surface area contributed by atoms with Gasteiger partial charge in [-0.25, -0.2) is 0 Å². The number of likely N-dealkylation sites (N-methyl/N-ethyl adjacent to an activating group) is 1. The molecule has 1 amide bonds. The molecule has 0 spiro atoms. The van der Waals surface area contributed by atoms with Gasteiger partial charge in [0.15, 0.2) is 0 Å². The van der Waals surface area contributed by atoms with Crippen LogP contribution in [-0.2, 0) is 4.79 Å². The Hall–Kier alpha value is -0.610. The van der Waals surface area contributed by atoms with Gasteiger partial charge >= 0.3 is 0 Å². The van der Waals surface area contributed by atoms with Crippen LogP contribution in [0.3, 0.4) is 0 Å². The second-order valence-corrected chi connectivity index (χ2v) is 5.26. The molecule has 1 rings (SSSR count). The molecule has 0 saturated carbocycles. The predicted molar refractivity (Wildman–Crippen MR) is 66.3 cm³/mol. The highest BCUT2D eigenvalue weighted by Gasteiger charge is 2.24. The average molecular weight is 227 g/mol. The highest BCUT2D eigenvalue weighted by Crippen LogP contribution is 2.14. The van der Waals surface area contributed by atoms with Crippen molar-refractivity contribution in [3.63, 3.8) is 0 Å². The number of carbonyl (C=O) groups excluding carboxylic acids is 1. The van der Waals surface area contributed by atoms with Crippen molar-refractivity contribution in [3.8, 4) is 0 Å². The molecule has 1 fully saturated rings. The maximum absolute atomic E-state index is 11.9. The van der Waals surface area contributed by atoms with Crippen LogP contribution in [0, 0.1) is 5.92 Å². The van der Waals surface area contributed by atoms with Crippen molar-refractivity contribution in [3.05, 3.63) is 0 Å². The van der Waals surface area contributed by atoms with Gasteiger partial charge in [0, 0.05) is 25.2 Å². The second kappa shape index (κ2) is 6.21. The summed E-state index contributed by atoms with van der Waals surface area (Å²) in [7, 11) is 4.04. The lowest BCUT2D eigenvalue weighted by molar-refractivity contribution is -0.126. The smallest absolute Gasteiger partial charge is 0.224 e. The highest BCUT2D eigenvalue weighted by molar-refractivity contribution is 5.79. The molecular formula is C12H25N3O. The molecule has 94 valence electrons. The van der Waals surface area contributed by atoms with Gasteiger partial charge in [0.1, 0.15) is 0 Å². The second-order valence-electron chi connectivity index (χ2n) is 5.26. The molecule has 0 aliphatic carbocycles. The van der Waals surface area contributed by atoms with Crippen molar-refractivity contribution in [2.24, 2.45) is 5.92 Å². The highest BCUT2D eigenvalue weighted by atomic mass is 16.2. The van der Waals surface area contributed by atoms with E-state index in [1.807, 2.05) is 14.1 Å². The van der Waals surface area contributed by atoms with Crippen molar-refractivity contribution in [1.82, 2.24) is 15.5 Å². The van der Waals surface area contributed by atoms with Gasteiger partial charge < -0.3 is 15.5 Å². The van der Waals surface area contributed by atoms with Crippen molar-refractivity contribution in [2.75, 3.05) is 27.2 Å². The summed E-state index contributed by atoms with van der Waals surface area (Å²) in [4.78, 5) is 14.0. The van der Waals surface area contributed by atoms with Crippen LogP contribution in [0.25, 0.3) is 0 Å². The first-order valence-corrected chi connectivity index (χ1v) is 6.17. The molecule has 0 aromatic heterocycles. The van der Waals surface area contributed by atoms with E-state index in [1.165, 1.54) is 0 Å². The maximum atomic E-state index is 11.9. The Morgan fingerprint density at radius 2 is 2.19 bits per heavy atom. The zero-order chi connectivity index (χ0) is 12.1. The topological polar surface area (TPSA) is 44.4 Å². The number of carbonyl (C=O) groups is 1. The monoisotopic (exact) mass is 227 g/mol. The SMILES string of the molecule is CC1CCC(C(=O)NC(C)CN(C)C)CN1. The van der Waals surface area contributed by atoms with E-state index in [1.54, 1.807) is 0 Å². The van der Waals surface area contributed by atoms with Gasteiger partial charge in [-0.3, -0.25) is 4.79 Å². The van der Waals surface area contributed by atoms with E-state index >= 15 is 0 Å². The number of nitrogens with one attached hydrogen (secondary N) is 2. The summed E-state index contributed by atoms with van der Waals surface area (Å²) in [6, 6.07) is 0.782. The van der Waals surface area contributed by atoms with E-state index in [0.29, 0.717) is 6.04 Å². The number of nitrogens with zero attached hydrogens (tertiary/aromatic N) is 1. The van der Waals surface area contributed by atoms with Gasteiger partial charge in [0.2, 0.25) is 5.91 Å². The Morgan fingerprint density at radius 1 is 1.50 bits per heavy atom. The molecular weight excluding hydrogens is 202 g/mol. The van der Waals surface area contributed by atoms with Gasteiger partial charge in [-0.15, -0.1) is 0 Å². The quantitative estimate of drug-likeness (QED) is 0.732. The van der Waals surface area contributed by atoms with Crippen molar-refractivity contribution in [2.45, 2.75) is 38.8 Å². The van der Waals surface area contributed by atoms with E-state index < -0.39 is 0 Å². The Labute approximate surface area is 98.8 Å². The van der Waals surface area contributed by atoms with Gasteiger partial charge in [-0.1, -0.05) is 0 Å². The Balaban J connectivity index is 2.29. The molecule has 0 aromatic carbocycles. The van der Waals surface area contributed by atoms with Crippen molar-refractivity contribution >= 4 is 5.91 Å². The van der Waals surface area contributed by atoms with E-state index in [0.717, 1.165) is 25.9 Å². The fourth-order valence-corrected chi connectivity index (χ4v) is 2.18. The predicted octanol–water partition coefficient (Wildman–Crippen LogP) is 0.441. The van der Waals surface area contributed by atoms with Crippen LogP contribution in [0.15, 0.2) is 0 Å². The number of amides is 1. The molecule has 4 heteroatoms. The summed E-state index contributed by atoms with van der Waals surface area (Å²) in [6.45, 7) is 5.93. The summed E-state index contributed by atoms with van der Waals surface area (Å²) < 4.78 is 0. The Kier molecular flexibility index (Phi) is 5.22.